The molecule has 0 spiro atoms. The van der Waals surface area contributed by atoms with Gasteiger partial charge in [0, 0.05) is 18.0 Å². The smallest absolute Gasteiger partial charge is 0.196 e. The average molecular weight is 365 g/mol. The molecule has 1 unspecified atom stereocenters. The van der Waals surface area contributed by atoms with Gasteiger partial charge in [0.1, 0.15) is 6.23 Å². The van der Waals surface area contributed by atoms with Crippen LogP contribution in [-0.4, -0.2) is 37.0 Å². The first kappa shape index (κ1) is 17.4. The van der Waals surface area contributed by atoms with Gasteiger partial charge in [-0.2, -0.15) is 0 Å². The Kier molecular flexibility index (Phi) is 4.74. The first-order chi connectivity index (χ1) is 13.4. The summed E-state index contributed by atoms with van der Waals surface area (Å²) in [4.78, 5) is 2.59. The van der Waals surface area contributed by atoms with Crippen molar-refractivity contribution >= 4 is 0 Å². The van der Waals surface area contributed by atoms with Gasteiger partial charge in [-0.15, -0.1) is 0 Å². The maximum Gasteiger partial charge on any atom is 0.196 e. The number of fused-ring (bicyclic) bond motifs is 1. The Balaban J connectivity index is 1.44. The molecule has 2 aromatic carbocycles. The highest BCUT2D eigenvalue weighted by Gasteiger charge is 2.48. The number of hydrogen-bond donors (Lipinski definition) is 0. The molecule has 3 aliphatic heterocycles. The molecule has 4 heteroatoms. The highest BCUT2D eigenvalue weighted by atomic mass is 16.7. The number of nitrogens with zero attached hydrogens (tertiary/aromatic N) is 1. The number of rotatable bonds is 4. The van der Waals surface area contributed by atoms with Crippen molar-refractivity contribution in [3.8, 4) is 0 Å². The van der Waals surface area contributed by atoms with Crippen LogP contribution in [0.15, 0.2) is 60.7 Å². The van der Waals surface area contributed by atoms with E-state index in [0.29, 0.717) is 25.3 Å². The molecule has 0 radical (unpaired) electrons. The minimum absolute atomic E-state index is 0.211. The maximum atomic E-state index is 6.23. The summed E-state index contributed by atoms with van der Waals surface area (Å²) in [6.45, 7) is 2.08. The Hall–Kier alpha value is -1.72. The normalized spacial score (nSPS) is 30.3. The lowest BCUT2D eigenvalue weighted by atomic mass is 9.89. The van der Waals surface area contributed by atoms with Gasteiger partial charge in [0.25, 0.3) is 0 Å². The van der Waals surface area contributed by atoms with E-state index in [2.05, 4.69) is 59.5 Å². The van der Waals surface area contributed by atoms with Gasteiger partial charge in [-0.25, -0.2) is 0 Å². The molecule has 3 saturated heterocycles. The molecule has 142 valence electrons. The third-order valence-electron chi connectivity index (χ3n) is 6.21. The molecule has 3 aliphatic rings. The van der Waals surface area contributed by atoms with Crippen molar-refractivity contribution in [1.29, 1.82) is 0 Å². The monoisotopic (exact) mass is 365 g/mol. The molecular weight excluding hydrogens is 338 g/mol. The lowest BCUT2D eigenvalue weighted by molar-refractivity contribution is -0.188. The largest absolute Gasteiger partial charge is 0.361 e. The lowest BCUT2D eigenvalue weighted by Crippen LogP contribution is -2.48. The van der Waals surface area contributed by atoms with E-state index in [9.17, 15) is 0 Å². The van der Waals surface area contributed by atoms with Crippen LogP contribution in [0.5, 0.6) is 0 Å². The van der Waals surface area contributed by atoms with E-state index in [1.54, 1.807) is 0 Å². The zero-order chi connectivity index (χ0) is 18.1. The molecule has 3 heterocycles. The quantitative estimate of drug-likeness (QED) is 0.811. The molecule has 27 heavy (non-hydrogen) atoms. The van der Waals surface area contributed by atoms with Crippen molar-refractivity contribution in [3.05, 3.63) is 71.8 Å². The van der Waals surface area contributed by atoms with E-state index in [1.807, 2.05) is 6.07 Å². The summed E-state index contributed by atoms with van der Waals surface area (Å²) < 4.78 is 18.7. The molecule has 0 bridgehead atoms. The average Bonchev–Trinajstić information content (AvgIpc) is 3.38. The van der Waals surface area contributed by atoms with E-state index in [0.717, 1.165) is 31.4 Å². The van der Waals surface area contributed by atoms with Gasteiger partial charge < -0.3 is 14.2 Å². The molecular formula is C23H27NO3. The third kappa shape index (κ3) is 3.21. The Bertz CT molecular complexity index is 745. The van der Waals surface area contributed by atoms with E-state index >= 15 is 0 Å². The molecule has 0 saturated carbocycles. The van der Waals surface area contributed by atoms with Gasteiger partial charge in [0.2, 0.25) is 0 Å². The van der Waals surface area contributed by atoms with E-state index < -0.39 is 5.79 Å². The number of piperidine rings is 1. The van der Waals surface area contributed by atoms with Crippen molar-refractivity contribution in [2.45, 2.75) is 49.8 Å². The molecule has 3 fully saturated rings. The summed E-state index contributed by atoms with van der Waals surface area (Å²) >= 11 is 0. The van der Waals surface area contributed by atoms with Crippen molar-refractivity contribution < 1.29 is 14.2 Å². The van der Waals surface area contributed by atoms with Gasteiger partial charge in [-0.3, -0.25) is 4.90 Å². The highest BCUT2D eigenvalue weighted by Crippen LogP contribution is 2.44. The van der Waals surface area contributed by atoms with Gasteiger partial charge in [-0.1, -0.05) is 60.7 Å². The molecule has 0 aliphatic carbocycles. The zero-order valence-corrected chi connectivity index (χ0v) is 15.6. The zero-order valence-electron chi connectivity index (χ0n) is 15.6. The second-order valence-electron chi connectivity index (χ2n) is 7.77. The van der Waals surface area contributed by atoms with Gasteiger partial charge in [0.15, 0.2) is 5.79 Å². The van der Waals surface area contributed by atoms with Crippen LogP contribution in [0.4, 0.5) is 0 Å². The molecule has 3 atom stereocenters. The standard InChI is InChI=1S/C23H27NO3/c1-3-8-18(9-4-1)21-17-25-22-13-7-12-20(24(21)22)16-23(26-14-15-27-23)19-10-5-2-6-11-19/h1-6,8-11,20-22H,7,12-17H2/t20-,21-,22?/m0/s1. The fourth-order valence-electron chi connectivity index (χ4n) is 4.98. The molecule has 0 N–H and O–H groups in total. The summed E-state index contributed by atoms with van der Waals surface area (Å²) in [5, 5.41) is 0. The van der Waals surface area contributed by atoms with Crippen LogP contribution >= 0.6 is 0 Å². The van der Waals surface area contributed by atoms with Crippen LogP contribution in [0, 0.1) is 0 Å². The van der Waals surface area contributed by atoms with Crippen LogP contribution in [-0.2, 0) is 20.0 Å². The molecule has 0 aromatic heterocycles. The SMILES string of the molecule is c1ccc([C@@H]2COC3CCC[C@@H](CC4(c5ccccc5)OCCO4)N32)cc1. The number of hydrogen-bond acceptors (Lipinski definition) is 4. The fraction of sp³-hybridized carbons (Fsp3) is 0.478. The van der Waals surface area contributed by atoms with Crippen LogP contribution < -0.4 is 0 Å². The first-order valence-corrected chi connectivity index (χ1v) is 10.1. The van der Waals surface area contributed by atoms with E-state index in [1.165, 1.54) is 12.0 Å². The summed E-state index contributed by atoms with van der Waals surface area (Å²) in [6.07, 6.45) is 4.52. The summed E-state index contributed by atoms with van der Waals surface area (Å²) in [6, 6.07) is 21.9. The predicted molar refractivity (Wildman–Crippen MR) is 103 cm³/mol. The highest BCUT2D eigenvalue weighted by molar-refractivity contribution is 5.23. The summed E-state index contributed by atoms with van der Waals surface area (Å²) in [7, 11) is 0. The Morgan fingerprint density at radius 3 is 2.33 bits per heavy atom. The summed E-state index contributed by atoms with van der Waals surface area (Å²) in [5.74, 6) is -0.627. The third-order valence-corrected chi connectivity index (χ3v) is 6.21. The van der Waals surface area contributed by atoms with Crippen LogP contribution in [0.1, 0.15) is 42.9 Å². The second kappa shape index (κ2) is 7.36. The molecule has 2 aromatic rings. The van der Waals surface area contributed by atoms with Crippen LogP contribution in [0.2, 0.25) is 0 Å². The predicted octanol–water partition coefficient (Wildman–Crippen LogP) is 4.23. The lowest BCUT2D eigenvalue weighted by Gasteiger charge is -2.43. The van der Waals surface area contributed by atoms with Crippen molar-refractivity contribution in [2.75, 3.05) is 19.8 Å². The number of benzene rings is 2. The minimum Gasteiger partial charge on any atom is -0.361 e. The van der Waals surface area contributed by atoms with Gasteiger partial charge in [-0.05, 0) is 24.8 Å². The van der Waals surface area contributed by atoms with Crippen LogP contribution in [0.25, 0.3) is 0 Å². The Labute approximate surface area is 161 Å². The fourth-order valence-corrected chi connectivity index (χ4v) is 4.98. The van der Waals surface area contributed by atoms with E-state index in [4.69, 9.17) is 14.2 Å². The van der Waals surface area contributed by atoms with E-state index in [-0.39, 0.29) is 6.23 Å². The maximum absolute atomic E-state index is 6.23. The molecule has 4 nitrogen and oxygen atoms in total. The Morgan fingerprint density at radius 1 is 0.889 bits per heavy atom. The van der Waals surface area contributed by atoms with Crippen molar-refractivity contribution in [3.63, 3.8) is 0 Å². The first-order valence-electron chi connectivity index (χ1n) is 10.1. The number of ether oxygens (including phenoxy) is 3. The van der Waals surface area contributed by atoms with Gasteiger partial charge in [0.05, 0.1) is 25.9 Å². The van der Waals surface area contributed by atoms with Crippen molar-refractivity contribution in [2.24, 2.45) is 0 Å². The molecule has 0 amide bonds. The molecule has 5 rings (SSSR count). The van der Waals surface area contributed by atoms with Crippen molar-refractivity contribution in [1.82, 2.24) is 4.90 Å². The topological polar surface area (TPSA) is 30.9 Å². The Morgan fingerprint density at radius 2 is 1.59 bits per heavy atom. The second-order valence-corrected chi connectivity index (χ2v) is 7.77. The van der Waals surface area contributed by atoms with Crippen LogP contribution in [0.3, 0.4) is 0 Å². The minimum atomic E-state index is -0.627. The van der Waals surface area contributed by atoms with Gasteiger partial charge >= 0.3 is 0 Å². The summed E-state index contributed by atoms with van der Waals surface area (Å²) in [5.41, 5.74) is 2.47.